The van der Waals surface area contributed by atoms with Gasteiger partial charge in [0, 0.05) is 50.3 Å². The zero-order chi connectivity index (χ0) is 27.7. The molecule has 2 fully saturated rings. The molecule has 2 atom stereocenters. The summed E-state index contributed by atoms with van der Waals surface area (Å²) in [5, 5.41) is 16.3. The lowest BCUT2D eigenvalue weighted by molar-refractivity contribution is 0.0878. The van der Waals surface area contributed by atoms with Crippen molar-refractivity contribution in [1.29, 1.82) is 0 Å². The number of phenols is 1. The third-order valence-electron chi connectivity index (χ3n) is 8.47. The highest BCUT2D eigenvalue weighted by molar-refractivity contribution is 6.35. The number of likely N-dealkylation sites (N-methyl/N-ethyl adjacent to an activating group) is 1. The summed E-state index contributed by atoms with van der Waals surface area (Å²) in [5.74, 6) is 0.181. The van der Waals surface area contributed by atoms with Crippen LogP contribution in [0.4, 0.5) is 10.2 Å². The zero-order valence-corrected chi connectivity index (χ0v) is 23.3. The molecule has 0 aliphatic carbocycles. The number of hydrogen-bond donors (Lipinski definition) is 2. The number of ether oxygens (including phenoxy) is 1. The third kappa shape index (κ3) is 3.83. The number of nitrogens with zero attached hydrogens (tertiary/aromatic N) is 5. The Morgan fingerprint density at radius 1 is 1.10 bits per heavy atom. The monoisotopic (exact) mass is 560 g/mol. The summed E-state index contributed by atoms with van der Waals surface area (Å²) in [4.78, 5) is 14.1. The molecule has 10 heteroatoms. The van der Waals surface area contributed by atoms with Crippen molar-refractivity contribution in [3.05, 3.63) is 59.6 Å². The lowest BCUT2D eigenvalue weighted by atomic mass is 9.95. The van der Waals surface area contributed by atoms with Gasteiger partial charge in [0.15, 0.2) is 11.6 Å². The predicted molar refractivity (Wildman–Crippen MR) is 157 cm³/mol. The van der Waals surface area contributed by atoms with Crippen molar-refractivity contribution in [1.82, 2.24) is 24.8 Å². The van der Waals surface area contributed by atoms with Crippen molar-refractivity contribution >= 4 is 50.1 Å². The van der Waals surface area contributed by atoms with Gasteiger partial charge in [-0.1, -0.05) is 35.9 Å². The molecule has 2 aromatic heterocycles. The molecule has 2 N–H and O–H groups in total. The second-order valence-corrected chi connectivity index (χ2v) is 11.4. The van der Waals surface area contributed by atoms with Crippen LogP contribution in [-0.4, -0.2) is 84.1 Å². The minimum atomic E-state index is -0.522. The van der Waals surface area contributed by atoms with Crippen LogP contribution in [0.5, 0.6) is 5.75 Å². The van der Waals surface area contributed by atoms with E-state index >= 15 is 4.39 Å². The molecule has 206 valence electrons. The summed E-state index contributed by atoms with van der Waals surface area (Å²) in [6.45, 7) is 2.98. The molecule has 2 aliphatic heterocycles. The molecule has 7 rings (SSSR count). The fraction of sp³-hybridized carbons (Fsp3) is 0.333. The van der Waals surface area contributed by atoms with Crippen LogP contribution < -0.4 is 10.2 Å². The van der Waals surface area contributed by atoms with Crippen LogP contribution in [0, 0.1) is 5.82 Å². The summed E-state index contributed by atoms with van der Waals surface area (Å²) in [6, 6.07) is 12.9. The Kier molecular flexibility index (Phi) is 6.08. The second kappa shape index (κ2) is 9.55. The lowest BCUT2D eigenvalue weighted by Crippen LogP contribution is -2.57. The van der Waals surface area contributed by atoms with E-state index in [0.717, 1.165) is 41.4 Å². The van der Waals surface area contributed by atoms with Crippen LogP contribution in [0.3, 0.4) is 0 Å². The number of halogens is 2. The number of aromatic hydroxyl groups is 1. The Labute approximate surface area is 235 Å². The van der Waals surface area contributed by atoms with Crippen molar-refractivity contribution in [2.75, 3.05) is 52.3 Å². The molecule has 2 aliphatic rings. The Bertz CT molecular complexity index is 1780. The predicted octanol–water partition coefficient (Wildman–Crippen LogP) is 4.81. The second-order valence-electron chi connectivity index (χ2n) is 11.0. The van der Waals surface area contributed by atoms with E-state index in [4.69, 9.17) is 26.3 Å². The molecule has 0 unspecified atom stereocenters. The number of fused-ring (bicyclic) bond motifs is 4. The van der Waals surface area contributed by atoms with E-state index in [9.17, 15) is 5.11 Å². The van der Waals surface area contributed by atoms with E-state index in [1.165, 1.54) is 0 Å². The molecule has 0 saturated carbocycles. The number of pyridine rings is 1. The SMILES string of the molecule is CO[C@H]1CNC[C@@H]1n1cnc2c(N3CC(N(C)C)C3)nc3c(F)c(-c4cc(O)cc5ccccc45)c(Cl)cc3c21. The summed E-state index contributed by atoms with van der Waals surface area (Å²) >= 11 is 6.89. The van der Waals surface area contributed by atoms with E-state index in [-0.39, 0.29) is 34.0 Å². The first-order valence-electron chi connectivity index (χ1n) is 13.4. The molecule has 0 amide bonds. The van der Waals surface area contributed by atoms with Crippen LogP contribution in [-0.2, 0) is 4.74 Å². The number of hydrogen-bond acceptors (Lipinski definition) is 7. The quantitative estimate of drug-likeness (QED) is 0.319. The van der Waals surface area contributed by atoms with Crippen molar-refractivity contribution in [2.45, 2.75) is 18.2 Å². The molecule has 5 aromatic rings. The fourth-order valence-electron chi connectivity index (χ4n) is 6.18. The van der Waals surface area contributed by atoms with Gasteiger partial charge in [0.05, 0.1) is 29.0 Å². The minimum Gasteiger partial charge on any atom is -0.508 e. The standard InChI is InChI=1S/C30H30ClFN6O2/c1-36(2)17-13-37(14-17)30-28-29(38(15-34-28)23-11-33-12-24(23)40-3)21-10-22(31)25(26(32)27(21)35-30)20-9-18(39)8-16-6-4-5-7-19(16)20/h4-10,15,17,23-24,33,39H,11-14H2,1-3H3/t23-,24-/m0/s1. The summed E-state index contributed by atoms with van der Waals surface area (Å²) < 4.78 is 24.7. The van der Waals surface area contributed by atoms with Gasteiger partial charge in [-0.15, -0.1) is 0 Å². The summed E-state index contributed by atoms with van der Waals surface area (Å²) in [5.41, 5.74) is 2.48. The zero-order valence-electron chi connectivity index (χ0n) is 22.5. The van der Waals surface area contributed by atoms with Gasteiger partial charge in [-0.25, -0.2) is 14.4 Å². The fourth-order valence-corrected chi connectivity index (χ4v) is 6.48. The number of rotatable bonds is 5. The molecule has 0 spiro atoms. The number of benzene rings is 3. The van der Waals surface area contributed by atoms with Crippen LogP contribution in [0.1, 0.15) is 6.04 Å². The van der Waals surface area contributed by atoms with Crippen molar-refractivity contribution in [3.8, 4) is 16.9 Å². The molecule has 40 heavy (non-hydrogen) atoms. The van der Waals surface area contributed by atoms with Gasteiger partial charge in [-0.2, -0.15) is 0 Å². The van der Waals surface area contributed by atoms with Gasteiger partial charge < -0.3 is 29.5 Å². The molecule has 4 heterocycles. The Morgan fingerprint density at radius 2 is 1.90 bits per heavy atom. The van der Waals surface area contributed by atoms with Gasteiger partial charge >= 0.3 is 0 Å². The Hall–Kier alpha value is -3.50. The van der Waals surface area contributed by atoms with Crippen LogP contribution in [0.15, 0.2) is 48.8 Å². The highest BCUT2D eigenvalue weighted by atomic mass is 35.5. The van der Waals surface area contributed by atoms with Crippen LogP contribution in [0.2, 0.25) is 5.02 Å². The first-order chi connectivity index (χ1) is 19.4. The van der Waals surface area contributed by atoms with Gasteiger partial charge in [-0.05, 0) is 48.6 Å². The molecule has 0 radical (unpaired) electrons. The molecule has 0 bridgehead atoms. The molecule has 3 aromatic carbocycles. The third-order valence-corrected chi connectivity index (χ3v) is 8.77. The maximum absolute atomic E-state index is 16.8. The molecular weight excluding hydrogens is 531 g/mol. The molecule has 2 saturated heterocycles. The van der Waals surface area contributed by atoms with E-state index in [1.54, 1.807) is 25.3 Å². The maximum Gasteiger partial charge on any atom is 0.158 e. The van der Waals surface area contributed by atoms with E-state index in [0.29, 0.717) is 29.4 Å². The van der Waals surface area contributed by atoms with Gasteiger partial charge in [0.1, 0.15) is 16.8 Å². The van der Waals surface area contributed by atoms with Crippen molar-refractivity contribution in [2.24, 2.45) is 0 Å². The molecule has 8 nitrogen and oxygen atoms in total. The highest BCUT2D eigenvalue weighted by Crippen LogP contribution is 2.44. The smallest absolute Gasteiger partial charge is 0.158 e. The van der Waals surface area contributed by atoms with Gasteiger partial charge in [-0.3, -0.25) is 0 Å². The first-order valence-corrected chi connectivity index (χ1v) is 13.8. The number of nitrogens with one attached hydrogen (secondary N) is 1. The van der Waals surface area contributed by atoms with Crippen molar-refractivity contribution in [3.63, 3.8) is 0 Å². The average molecular weight is 561 g/mol. The van der Waals surface area contributed by atoms with Crippen LogP contribution >= 0.6 is 11.6 Å². The topological polar surface area (TPSA) is 78.7 Å². The number of anilines is 1. The minimum absolute atomic E-state index is 0.0177. The number of aromatic nitrogens is 3. The van der Waals surface area contributed by atoms with Gasteiger partial charge in [0.2, 0.25) is 0 Å². The Balaban J connectivity index is 1.51. The van der Waals surface area contributed by atoms with E-state index in [2.05, 4.69) is 33.8 Å². The Morgan fingerprint density at radius 3 is 2.67 bits per heavy atom. The lowest BCUT2D eigenvalue weighted by Gasteiger charge is -2.43. The number of phenolic OH excluding ortho intramolecular Hbond substituents is 1. The van der Waals surface area contributed by atoms with Crippen LogP contribution in [0.25, 0.3) is 43.8 Å². The van der Waals surface area contributed by atoms with E-state index in [1.807, 2.05) is 30.6 Å². The van der Waals surface area contributed by atoms with Gasteiger partial charge in [0.25, 0.3) is 0 Å². The first kappa shape index (κ1) is 25.5. The number of imidazole rings is 1. The average Bonchev–Trinajstić information content (AvgIpc) is 3.55. The molecular formula is C30H30ClFN6O2. The highest BCUT2D eigenvalue weighted by Gasteiger charge is 2.35. The normalized spacial score (nSPS) is 19.9. The van der Waals surface area contributed by atoms with E-state index < -0.39 is 5.82 Å². The largest absolute Gasteiger partial charge is 0.508 e. The maximum atomic E-state index is 16.8. The summed E-state index contributed by atoms with van der Waals surface area (Å²) in [7, 11) is 5.83. The summed E-state index contributed by atoms with van der Waals surface area (Å²) in [6.07, 6.45) is 1.76. The van der Waals surface area contributed by atoms with Crippen molar-refractivity contribution < 1.29 is 14.2 Å². The number of methoxy groups -OCH3 is 1.